The van der Waals surface area contributed by atoms with Gasteiger partial charge in [-0.25, -0.2) is 4.79 Å². The quantitative estimate of drug-likeness (QED) is 0.679. The number of phenols is 1. The van der Waals surface area contributed by atoms with Crippen LogP contribution in [0.1, 0.15) is 17.2 Å². The van der Waals surface area contributed by atoms with Gasteiger partial charge in [-0.2, -0.15) is 0 Å². The molecule has 2 aliphatic rings. The molecule has 0 fully saturated rings. The number of carbonyl (C=O) groups is 2. The third-order valence-electron chi connectivity index (χ3n) is 5.39. The lowest BCUT2D eigenvalue weighted by atomic mass is 9.96. The second kappa shape index (κ2) is 7.98. The molecule has 0 bridgehead atoms. The number of phenolic OH excluding ortho intramolecular Hbond substituents is 1. The summed E-state index contributed by atoms with van der Waals surface area (Å²) >= 11 is 0. The Labute approximate surface area is 174 Å². The van der Waals surface area contributed by atoms with Gasteiger partial charge in [0.05, 0.1) is 38.1 Å². The van der Waals surface area contributed by atoms with Crippen LogP contribution in [0, 0.1) is 0 Å². The first kappa shape index (κ1) is 19.6. The average molecular weight is 409 g/mol. The van der Waals surface area contributed by atoms with Crippen molar-refractivity contribution < 1.29 is 24.2 Å². The molecule has 0 saturated heterocycles. The monoisotopic (exact) mass is 409 g/mol. The summed E-state index contributed by atoms with van der Waals surface area (Å²) in [6.45, 7) is 0.878. The fourth-order valence-corrected chi connectivity index (χ4v) is 3.79. The molecule has 2 aliphatic heterocycles. The van der Waals surface area contributed by atoms with Gasteiger partial charge in [-0.15, -0.1) is 0 Å². The number of aromatic hydroxyl groups is 1. The highest BCUT2D eigenvalue weighted by Gasteiger charge is 2.40. The van der Waals surface area contributed by atoms with Gasteiger partial charge in [0.1, 0.15) is 5.75 Å². The molecule has 3 N–H and O–H groups in total. The minimum Gasteiger partial charge on any atom is -0.504 e. The minimum atomic E-state index is -0.610. The van der Waals surface area contributed by atoms with Gasteiger partial charge in [0.2, 0.25) is 0 Å². The predicted molar refractivity (Wildman–Crippen MR) is 109 cm³/mol. The average Bonchev–Trinajstić information content (AvgIpc) is 3.07. The van der Waals surface area contributed by atoms with E-state index in [0.717, 1.165) is 11.3 Å². The zero-order chi connectivity index (χ0) is 21.3. The molecule has 2 heterocycles. The van der Waals surface area contributed by atoms with Crippen molar-refractivity contribution in [2.45, 2.75) is 12.5 Å². The van der Waals surface area contributed by atoms with Gasteiger partial charge in [-0.05, 0) is 41.8 Å². The van der Waals surface area contributed by atoms with Crippen molar-refractivity contribution in [1.82, 2.24) is 15.5 Å². The summed E-state index contributed by atoms with van der Waals surface area (Å²) < 4.78 is 10.3. The molecule has 0 saturated carbocycles. The van der Waals surface area contributed by atoms with E-state index < -0.39 is 6.04 Å². The van der Waals surface area contributed by atoms with E-state index in [4.69, 9.17) is 9.47 Å². The summed E-state index contributed by atoms with van der Waals surface area (Å²) in [5.74, 6) is 0.941. The molecule has 1 unspecified atom stereocenters. The molecule has 0 radical (unpaired) electrons. The normalized spacial score (nSPS) is 18.1. The fourth-order valence-electron chi connectivity index (χ4n) is 3.79. The predicted octanol–water partition coefficient (Wildman–Crippen LogP) is 2.10. The van der Waals surface area contributed by atoms with Gasteiger partial charge in [0.15, 0.2) is 11.5 Å². The van der Waals surface area contributed by atoms with Crippen molar-refractivity contribution in [2.75, 3.05) is 27.3 Å². The van der Waals surface area contributed by atoms with Crippen LogP contribution in [0.5, 0.6) is 17.2 Å². The van der Waals surface area contributed by atoms with E-state index in [1.807, 2.05) is 24.3 Å². The lowest BCUT2D eigenvalue weighted by Gasteiger charge is -2.26. The first-order chi connectivity index (χ1) is 14.5. The number of nitrogens with one attached hydrogen (secondary N) is 2. The Morgan fingerprint density at radius 3 is 2.57 bits per heavy atom. The molecule has 1 atom stereocenters. The van der Waals surface area contributed by atoms with Crippen LogP contribution in [0.4, 0.5) is 4.79 Å². The summed E-state index contributed by atoms with van der Waals surface area (Å²) in [7, 11) is 3.07. The van der Waals surface area contributed by atoms with Crippen molar-refractivity contribution in [3.8, 4) is 17.2 Å². The first-order valence-electron chi connectivity index (χ1n) is 9.60. The van der Waals surface area contributed by atoms with E-state index in [9.17, 15) is 14.7 Å². The van der Waals surface area contributed by atoms with Crippen LogP contribution in [-0.2, 0) is 11.2 Å². The van der Waals surface area contributed by atoms with E-state index in [1.54, 1.807) is 24.1 Å². The van der Waals surface area contributed by atoms with Crippen molar-refractivity contribution in [3.63, 3.8) is 0 Å². The maximum atomic E-state index is 13.1. The number of nitrogens with zero attached hydrogens (tertiary/aromatic N) is 1. The van der Waals surface area contributed by atoms with Gasteiger partial charge in [0.25, 0.3) is 5.91 Å². The Kier molecular flexibility index (Phi) is 5.22. The topological polar surface area (TPSA) is 100 Å². The molecule has 0 aliphatic carbocycles. The van der Waals surface area contributed by atoms with Crippen LogP contribution < -0.4 is 20.1 Å². The van der Waals surface area contributed by atoms with E-state index in [2.05, 4.69) is 10.6 Å². The molecule has 4 rings (SSSR count). The number of amides is 3. The summed E-state index contributed by atoms with van der Waals surface area (Å²) in [5.41, 5.74) is 2.88. The molecule has 3 amide bonds. The van der Waals surface area contributed by atoms with Gasteiger partial charge in [0, 0.05) is 6.54 Å². The second-order valence-corrected chi connectivity index (χ2v) is 7.18. The summed E-state index contributed by atoms with van der Waals surface area (Å²) in [6, 6.07) is 11.5. The molecule has 0 spiro atoms. The van der Waals surface area contributed by atoms with Gasteiger partial charge in [-0.1, -0.05) is 18.2 Å². The van der Waals surface area contributed by atoms with Crippen molar-refractivity contribution >= 4 is 11.9 Å². The van der Waals surface area contributed by atoms with E-state index >= 15 is 0 Å². The summed E-state index contributed by atoms with van der Waals surface area (Å²) in [4.78, 5) is 27.1. The van der Waals surface area contributed by atoms with Crippen LogP contribution in [0.25, 0.3) is 0 Å². The molecule has 2 aromatic carbocycles. The van der Waals surface area contributed by atoms with Gasteiger partial charge >= 0.3 is 6.03 Å². The Hall–Kier alpha value is -3.68. The lowest BCUT2D eigenvalue weighted by molar-refractivity contribution is -0.125. The fraction of sp³-hybridized carbons (Fsp3) is 0.273. The number of benzene rings is 2. The Morgan fingerprint density at radius 1 is 1.10 bits per heavy atom. The van der Waals surface area contributed by atoms with E-state index in [-0.39, 0.29) is 23.4 Å². The highest BCUT2D eigenvalue weighted by atomic mass is 16.5. The molecule has 8 heteroatoms. The largest absolute Gasteiger partial charge is 0.504 e. The summed E-state index contributed by atoms with van der Waals surface area (Å²) in [5, 5.41) is 15.4. The minimum absolute atomic E-state index is 0.00502. The molecular weight excluding hydrogens is 386 g/mol. The Balaban J connectivity index is 1.53. The number of urea groups is 1. The van der Waals surface area contributed by atoms with Gasteiger partial charge in [-0.3, -0.25) is 4.79 Å². The molecule has 156 valence electrons. The van der Waals surface area contributed by atoms with E-state index in [1.165, 1.54) is 13.2 Å². The highest BCUT2D eigenvalue weighted by Crippen LogP contribution is 2.36. The third kappa shape index (κ3) is 3.63. The maximum absolute atomic E-state index is 13.1. The van der Waals surface area contributed by atoms with Crippen LogP contribution in [-0.4, -0.2) is 49.3 Å². The molecule has 30 heavy (non-hydrogen) atoms. The van der Waals surface area contributed by atoms with Gasteiger partial charge < -0.3 is 30.1 Å². The van der Waals surface area contributed by atoms with Crippen molar-refractivity contribution in [1.29, 1.82) is 0 Å². The standard InChI is InChI=1S/C22H23N3O5/c1-29-15-6-3-13(4-7-15)9-10-25-12-16-19(21(25)27)20(24-22(28)23-16)14-5-8-17(26)18(11-14)30-2/h3-8,11,20,26H,9-10,12H2,1-2H3,(H2,23,24,28). The first-order valence-corrected chi connectivity index (χ1v) is 9.60. The van der Waals surface area contributed by atoms with Crippen LogP contribution in [0.15, 0.2) is 53.7 Å². The van der Waals surface area contributed by atoms with Crippen LogP contribution >= 0.6 is 0 Å². The number of rotatable bonds is 6. The maximum Gasteiger partial charge on any atom is 0.319 e. The van der Waals surface area contributed by atoms with Crippen molar-refractivity contribution in [2.24, 2.45) is 0 Å². The zero-order valence-corrected chi connectivity index (χ0v) is 16.8. The number of methoxy groups -OCH3 is 2. The van der Waals surface area contributed by atoms with Crippen LogP contribution in [0.3, 0.4) is 0 Å². The number of ether oxygens (including phenoxy) is 2. The van der Waals surface area contributed by atoms with Crippen LogP contribution in [0.2, 0.25) is 0 Å². The Bertz CT molecular complexity index is 1020. The molecular formula is C22H23N3O5. The smallest absolute Gasteiger partial charge is 0.319 e. The second-order valence-electron chi connectivity index (χ2n) is 7.18. The SMILES string of the molecule is COc1ccc(CCN2CC3=C(C2=O)C(c2ccc(O)c(OC)c2)NC(=O)N3)cc1. The number of hydrogen-bond acceptors (Lipinski definition) is 5. The summed E-state index contributed by atoms with van der Waals surface area (Å²) in [6.07, 6.45) is 0.690. The lowest BCUT2D eigenvalue weighted by Crippen LogP contribution is -2.44. The molecule has 0 aromatic heterocycles. The van der Waals surface area contributed by atoms with Crippen molar-refractivity contribution in [3.05, 3.63) is 64.9 Å². The third-order valence-corrected chi connectivity index (χ3v) is 5.39. The Morgan fingerprint density at radius 2 is 1.87 bits per heavy atom. The molecule has 2 aromatic rings. The molecule has 8 nitrogen and oxygen atoms in total. The van der Waals surface area contributed by atoms with E-state index in [0.29, 0.717) is 36.3 Å². The highest BCUT2D eigenvalue weighted by molar-refractivity contribution is 6.01. The number of hydrogen-bond donors (Lipinski definition) is 3. The zero-order valence-electron chi connectivity index (χ0n) is 16.8. The number of carbonyl (C=O) groups excluding carboxylic acids is 2.